The Labute approximate surface area is 127 Å². The third-order valence-electron chi connectivity index (χ3n) is 3.80. The number of nitrogens with one attached hydrogen (secondary N) is 1. The van der Waals surface area contributed by atoms with E-state index < -0.39 is 10.0 Å². The van der Waals surface area contributed by atoms with Crippen LogP contribution in [0.3, 0.4) is 0 Å². The molecule has 3 N–H and O–H groups in total. The second-order valence-electron chi connectivity index (χ2n) is 5.08. The molecule has 2 aliphatic rings. The summed E-state index contributed by atoms with van der Waals surface area (Å²) in [7, 11) is -3.63. The number of carbonyl (C=O) groups excluding carboxylic acids is 1. The van der Waals surface area contributed by atoms with E-state index >= 15 is 0 Å². The average molecular weight is 331 g/mol. The first-order valence-corrected chi connectivity index (χ1v) is 8.31. The molecular formula is C12H15ClN4O3S. The van der Waals surface area contributed by atoms with Crippen molar-refractivity contribution in [2.24, 2.45) is 0 Å². The van der Waals surface area contributed by atoms with Gasteiger partial charge in [-0.3, -0.25) is 0 Å². The molecular weight excluding hydrogens is 316 g/mol. The average Bonchev–Trinajstić information content (AvgIpc) is 2.83. The molecule has 0 spiro atoms. The van der Waals surface area contributed by atoms with Gasteiger partial charge in [-0.15, -0.1) is 0 Å². The van der Waals surface area contributed by atoms with Gasteiger partial charge in [0.15, 0.2) is 0 Å². The molecule has 3 rings (SSSR count). The summed E-state index contributed by atoms with van der Waals surface area (Å²) in [4.78, 5) is 13.3. The van der Waals surface area contributed by atoms with Crippen LogP contribution in [0.4, 0.5) is 10.5 Å². The summed E-state index contributed by atoms with van der Waals surface area (Å²) in [5.41, 5.74) is 5.90. The van der Waals surface area contributed by atoms with Crippen molar-refractivity contribution in [3.8, 4) is 0 Å². The number of benzene rings is 1. The van der Waals surface area contributed by atoms with Crippen LogP contribution < -0.4 is 11.1 Å². The Kier molecular flexibility index (Phi) is 3.46. The summed E-state index contributed by atoms with van der Waals surface area (Å²) < 4.78 is 26.6. The highest BCUT2D eigenvalue weighted by molar-refractivity contribution is 7.89. The van der Waals surface area contributed by atoms with Crippen LogP contribution in [0.15, 0.2) is 23.1 Å². The molecule has 0 bridgehead atoms. The molecule has 7 nitrogen and oxygen atoms in total. The van der Waals surface area contributed by atoms with Gasteiger partial charge < -0.3 is 16.0 Å². The molecule has 2 amide bonds. The minimum absolute atomic E-state index is 0.120. The standard InChI is InChI=1S/C12H15ClN4O3S/c13-10-2-1-9(5-11(10)14)21(19,20)16-3-4-17-8(7-16)6-15-12(17)18/h1-2,5,8H,3-4,6-7,14H2,(H,15,18). The van der Waals surface area contributed by atoms with Crippen LogP contribution in [-0.4, -0.2) is 55.9 Å². The summed E-state index contributed by atoms with van der Waals surface area (Å²) in [6.07, 6.45) is 0. The molecule has 2 aliphatic heterocycles. The van der Waals surface area contributed by atoms with Gasteiger partial charge in [0, 0.05) is 26.2 Å². The minimum Gasteiger partial charge on any atom is -0.397 e. The van der Waals surface area contributed by atoms with Crippen molar-refractivity contribution >= 4 is 33.3 Å². The number of piperazine rings is 1. The van der Waals surface area contributed by atoms with E-state index in [4.69, 9.17) is 17.3 Å². The molecule has 2 heterocycles. The number of amides is 2. The summed E-state index contributed by atoms with van der Waals surface area (Å²) in [5, 5.41) is 3.04. The molecule has 1 aromatic rings. The molecule has 21 heavy (non-hydrogen) atoms. The van der Waals surface area contributed by atoms with Gasteiger partial charge in [-0.25, -0.2) is 13.2 Å². The molecule has 0 radical (unpaired) electrons. The van der Waals surface area contributed by atoms with E-state index in [0.29, 0.717) is 18.1 Å². The van der Waals surface area contributed by atoms with E-state index in [9.17, 15) is 13.2 Å². The van der Waals surface area contributed by atoms with Crippen molar-refractivity contribution < 1.29 is 13.2 Å². The molecule has 0 aliphatic carbocycles. The quantitative estimate of drug-likeness (QED) is 0.763. The number of halogens is 1. The highest BCUT2D eigenvalue weighted by Crippen LogP contribution is 2.26. The number of fused-ring (bicyclic) bond motifs is 1. The maximum atomic E-state index is 12.6. The Morgan fingerprint density at radius 2 is 2.10 bits per heavy atom. The fourth-order valence-corrected chi connectivity index (χ4v) is 4.25. The number of hydrogen-bond acceptors (Lipinski definition) is 4. The van der Waals surface area contributed by atoms with Gasteiger partial charge in [0.2, 0.25) is 10.0 Å². The van der Waals surface area contributed by atoms with Crippen LogP contribution in [0, 0.1) is 0 Å². The van der Waals surface area contributed by atoms with E-state index in [1.54, 1.807) is 4.90 Å². The molecule has 1 atom stereocenters. The predicted octanol–water partition coefficient (Wildman–Crippen LogP) is 0.320. The summed E-state index contributed by atoms with van der Waals surface area (Å²) >= 11 is 5.82. The highest BCUT2D eigenvalue weighted by atomic mass is 35.5. The third-order valence-corrected chi connectivity index (χ3v) is 6.01. The molecule has 1 aromatic carbocycles. The lowest BCUT2D eigenvalue weighted by Gasteiger charge is -2.35. The third kappa shape index (κ3) is 2.43. The second kappa shape index (κ2) is 5.04. The maximum Gasteiger partial charge on any atom is 0.317 e. The lowest BCUT2D eigenvalue weighted by Crippen LogP contribution is -2.53. The second-order valence-corrected chi connectivity index (χ2v) is 7.42. The summed E-state index contributed by atoms with van der Waals surface area (Å²) in [6.45, 7) is 1.41. The van der Waals surface area contributed by atoms with Crippen molar-refractivity contribution in [3.63, 3.8) is 0 Å². The van der Waals surface area contributed by atoms with E-state index in [1.807, 2.05) is 0 Å². The number of nitrogens with two attached hydrogens (primary N) is 1. The van der Waals surface area contributed by atoms with Gasteiger partial charge in [0.05, 0.1) is 21.6 Å². The van der Waals surface area contributed by atoms with Crippen LogP contribution in [0.2, 0.25) is 5.02 Å². The van der Waals surface area contributed by atoms with Gasteiger partial charge >= 0.3 is 6.03 Å². The monoisotopic (exact) mass is 330 g/mol. The Morgan fingerprint density at radius 1 is 1.33 bits per heavy atom. The van der Waals surface area contributed by atoms with Crippen molar-refractivity contribution in [1.82, 2.24) is 14.5 Å². The number of carbonyl (C=O) groups is 1. The molecule has 2 fully saturated rings. The first kappa shape index (κ1) is 14.4. The van der Waals surface area contributed by atoms with E-state index in [0.717, 1.165) is 0 Å². The number of rotatable bonds is 2. The lowest BCUT2D eigenvalue weighted by molar-refractivity contribution is 0.164. The Hall–Kier alpha value is -1.51. The predicted molar refractivity (Wildman–Crippen MR) is 78.5 cm³/mol. The topological polar surface area (TPSA) is 95.7 Å². The normalized spacial score (nSPS) is 23.0. The first-order valence-electron chi connectivity index (χ1n) is 6.49. The summed E-state index contributed by atoms with van der Waals surface area (Å²) in [6, 6.07) is 4.03. The smallest absolute Gasteiger partial charge is 0.317 e. The molecule has 0 saturated carbocycles. The first-order chi connectivity index (χ1) is 9.89. The molecule has 2 saturated heterocycles. The number of sulfonamides is 1. The SMILES string of the molecule is Nc1cc(S(=O)(=O)N2CCN3C(=O)NCC3C2)ccc1Cl. The zero-order valence-corrected chi connectivity index (χ0v) is 12.7. The molecule has 1 unspecified atom stereocenters. The largest absolute Gasteiger partial charge is 0.397 e. The maximum absolute atomic E-state index is 12.6. The van der Waals surface area contributed by atoms with Gasteiger partial charge in [0.1, 0.15) is 0 Å². The van der Waals surface area contributed by atoms with E-state index in [-0.39, 0.29) is 35.7 Å². The fraction of sp³-hybridized carbons (Fsp3) is 0.417. The fourth-order valence-electron chi connectivity index (χ4n) is 2.63. The number of nitrogen functional groups attached to an aromatic ring is 1. The zero-order chi connectivity index (χ0) is 15.2. The molecule has 114 valence electrons. The molecule has 0 aromatic heterocycles. The highest BCUT2D eigenvalue weighted by Gasteiger charge is 2.39. The summed E-state index contributed by atoms with van der Waals surface area (Å²) in [5.74, 6) is 0. The van der Waals surface area contributed by atoms with Crippen molar-refractivity contribution in [1.29, 1.82) is 0 Å². The number of anilines is 1. The van der Waals surface area contributed by atoms with Crippen LogP contribution in [0.5, 0.6) is 0 Å². The minimum atomic E-state index is -3.63. The number of urea groups is 1. The van der Waals surface area contributed by atoms with Gasteiger partial charge in [-0.2, -0.15) is 4.31 Å². The van der Waals surface area contributed by atoms with E-state index in [2.05, 4.69) is 5.32 Å². The van der Waals surface area contributed by atoms with Crippen LogP contribution in [0.25, 0.3) is 0 Å². The lowest BCUT2D eigenvalue weighted by atomic mass is 10.2. The Bertz CT molecular complexity index is 694. The number of hydrogen-bond donors (Lipinski definition) is 2. The number of nitrogens with zero attached hydrogens (tertiary/aromatic N) is 2. The van der Waals surface area contributed by atoms with Gasteiger partial charge in [0.25, 0.3) is 0 Å². The van der Waals surface area contributed by atoms with Crippen molar-refractivity contribution in [3.05, 3.63) is 23.2 Å². The molecule has 9 heteroatoms. The van der Waals surface area contributed by atoms with Gasteiger partial charge in [-0.05, 0) is 18.2 Å². The van der Waals surface area contributed by atoms with Crippen LogP contribution in [-0.2, 0) is 10.0 Å². The van der Waals surface area contributed by atoms with E-state index in [1.165, 1.54) is 22.5 Å². The zero-order valence-electron chi connectivity index (χ0n) is 11.1. The van der Waals surface area contributed by atoms with Crippen LogP contribution >= 0.6 is 11.6 Å². The van der Waals surface area contributed by atoms with Crippen LogP contribution in [0.1, 0.15) is 0 Å². The van der Waals surface area contributed by atoms with Gasteiger partial charge in [-0.1, -0.05) is 11.6 Å². The Morgan fingerprint density at radius 3 is 2.81 bits per heavy atom. The van der Waals surface area contributed by atoms with Crippen molar-refractivity contribution in [2.45, 2.75) is 10.9 Å². The van der Waals surface area contributed by atoms with Crippen molar-refractivity contribution in [2.75, 3.05) is 31.9 Å². The Balaban J connectivity index is 1.85.